The molecule has 2 aliphatic rings. The van der Waals surface area contributed by atoms with Crippen LogP contribution < -0.4 is 9.64 Å². The maximum Gasteiger partial charge on any atom is 0.337 e. The van der Waals surface area contributed by atoms with Gasteiger partial charge in [0.2, 0.25) is 0 Å². The Balaban J connectivity index is 1.27. The molecule has 0 aromatic heterocycles. The largest absolute Gasteiger partial charge is 0.490 e. The summed E-state index contributed by atoms with van der Waals surface area (Å²) in [4.78, 5) is 30.8. The van der Waals surface area contributed by atoms with E-state index in [1.807, 2.05) is 6.07 Å². The number of methoxy groups -OCH3 is 1. The molecular weight excluding hydrogens is 573 g/mol. The number of rotatable bonds is 8. The number of amides is 2. The highest BCUT2D eigenvalue weighted by Crippen LogP contribution is 2.27. The molecule has 0 bridgehead atoms. The van der Waals surface area contributed by atoms with Gasteiger partial charge in [-0.25, -0.2) is 22.4 Å². The second kappa shape index (κ2) is 13.6. The molecule has 3 aromatic carbocycles. The fourth-order valence-electron chi connectivity index (χ4n) is 5.36. The van der Waals surface area contributed by atoms with Crippen molar-refractivity contribution in [2.45, 2.75) is 32.0 Å². The lowest BCUT2D eigenvalue weighted by Gasteiger charge is -2.33. The zero-order chi connectivity index (χ0) is 30.4. The molecule has 228 valence electrons. The van der Waals surface area contributed by atoms with E-state index in [1.54, 1.807) is 24.3 Å². The number of nitrogens with zero attached hydrogens (tertiary/aromatic N) is 3. The Morgan fingerprint density at radius 3 is 2.23 bits per heavy atom. The number of carbonyl (C=O) groups excluding carboxylic acids is 2. The second-order valence-corrected chi connectivity index (χ2v) is 13.2. The van der Waals surface area contributed by atoms with E-state index in [4.69, 9.17) is 4.74 Å². The van der Waals surface area contributed by atoms with E-state index >= 15 is 4.39 Å². The van der Waals surface area contributed by atoms with E-state index in [0.29, 0.717) is 11.4 Å². The number of likely N-dealkylation sites (tertiary alicyclic amines) is 1. The van der Waals surface area contributed by atoms with E-state index in [9.17, 15) is 18.0 Å². The summed E-state index contributed by atoms with van der Waals surface area (Å²) in [5.41, 5.74) is 2.07. The predicted molar refractivity (Wildman–Crippen MR) is 161 cm³/mol. The summed E-state index contributed by atoms with van der Waals surface area (Å²) < 4.78 is 49.9. The summed E-state index contributed by atoms with van der Waals surface area (Å²) in [6.45, 7) is 2.80. The van der Waals surface area contributed by atoms with Gasteiger partial charge in [0.25, 0.3) is 0 Å². The number of piperidine rings is 1. The van der Waals surface area contributed by atoms with Crippen LogP contribution in [0, 0.1) is 5.82 Å². The zero-order valence-corrected chi connectivity index (χ0v) is 25.0. The first kappa shape index (κ1) is 30.5. The van der Waals surface area contributed by atoms with Gasteiger partial charge in [0, 0.05) is 44.0 Å². The zero-order valence-electron chi connectivity index (χ0n) is 24.2. The highest BCUT2D eigenvalue weighted by atomic mass is 32.2. The number of ether oxygens (including phenoxy) is 2. The number of halogens is 1. The molecule has 0 saturated carbocycles. The quantitative estimate of drug-likeness (QED) is 0.347. The molecule has 11 heteroatoms. The summed E-state index contributed by atoms with van der Waals surface area (Å²) in [7, 11) is -1.98. The van der Waals surface area contributed by atoms with E-state index < -0.39 is 27.7 Å². The van der Waals surface area contributed by atoms with E-state index in [0.717, 1.165) is 38.5 Å². The van der Waals surface area contributed by atoms with Gasteiger partial charge in [0.05, 0.1) is 30.7 Å². The predicted octanol–water partition coefficient (Wildman–Crippen LogP) is 4.51. The van der Waals surface area contributed by atoms with Gasteiger partial charge in [-0.2, -0.15) is 0 Å². The van der Waals surface area contributed by atoms with Crippen LogP contribution in [-0.4, -0.2) is 81.1 Å². The number of hydrogen-bond acceptors (Lipinski definition) is 7. The molecular formula is C32H36FN3O6S. The fourth-order valence-corrected chi connectivity index (χ4v) is 6.56. The smallest absolute Gasteiger partial charge is 0.337 e. The van der Waals surface area contributed by atoms with Gasteiger partial charge in [-0.1, -0.05) is 36.4 Å². The second-order valence-electron chi connectivity index (χ2n) is 10.9. The Labute approximate surface area is 251 Å². The van der Waals surface area contributed by atoms with Gasteiger partial charge in [-0.3, -0.25) is 9.80 Å². The van der Waals surface area contributed by atoms with Gasteiger partial charge in [0.15, 0.2) is 9.84 Å². The summed E-state index contributed by atoms with van der Waals surface area (Å²) in [5, 5.41) is 0. The lowest BCUT2D eigenvalue weighted by atomic mass is 10.1. The van der Waals surface area contributed by atoms with Crippen LogP contribution in [0.25, 0.3) is 0 Å². The van der Waals surface area contributed by atoms with Crippen LogP contribution in [0.4, 0.5) is 14.9 Å². The Morgan fingerprint density at radius 1 is 0.930 bits per heavy atom. The van der Waals surface area contributed by atoms with Crippen molar-refractivity contribution >= 4 is 27.5 Å². The van der Waals surface area contributed by atoms with Gasteiger partial charge in [0.1, 0.15) is 17.7 Å². The first-order valence-corrected chi connectivity index (χ1v) is 16.2. The maximum absolute atomic E-state index is 15.0. The van der Waals surface area contributed by atoms with Crippen LogP contribution in [0.5, 0.6) is 5.75 Å². The normalized spacial score (nSPS) is 17.3. The van der Waals surface area contributed by atoms with E-state index in [1.165, 1.54) is 34.6 Å². The Bertz CT molecular complexity index is 1510. The van der Waals surface area contributed by atoms with Crippen molar-refractivity contribution in [1.29, 1.82) is 0 Å². The molecule has 0 aliphatic carbocycles. The molecule has 0 spiro atoms. The summed E-state index contributed by atoms with van der Waals surface area (Å²) in [5.74, 6) is -0.876. The van der Waals surface area contributed by atoms with Gasteiger partial charge >= 0.3 is 12.0 Å². The SMILES string of the molecule is COC(=O)c1ccc(CN(C(=O)N2CCS(=O)(=O)CC2)c2ccc(OC3CCN(Cc4ccccc4)CC3)cc2)c(F)c1. The molecule has 2 fully saturated rings. The number of carbonyl (C=O) groups is 2. The first-order valence-electron chi connectivity index (χ1n) is 14.4. The molecule has 0 atom stereocenters. The number of urea groups is 1. The van der Waals surface area contributed by atoms with Crippen molar-refractivity contribution in [3.63, 3.8) is 0 Å². The number of anilines is 1. The standard InChI is InChI=1S/C32H36FN3O6S/c1-41-31(37)25-7-8-26(30(33)21-25)23-36(32(38)35-17-19-43(39,40)20-18-35)27-9-11-28(12-10-27)42-29-13-15-34(16-14-29)22-24-5-3-2-4-6-24/h2-12,21,29H,13-20,22-23H2,1H3. The Morgan fingerprint density at radius 2 is 1.60 bits per heavy atom. The lowest BCUT2D eigenvalue weighted by Crippen LogP contribution is -2.49. The molecule has 5 rings (SSSR count). The highest BCUT2D eigenvalue weighted by Gasteiger charge is 2.30. The van der Waals surface area contributed by atoms with Crippen molar-refractivity contribution < 1.29 is 31.9 Å². The van der Waals surface area contributed by atoms with Crippen molar-refractivity contribution in [1.82, 2.24) is 9.80 Å². The number of esters is 1. The number of sulfone groups is 1. The molecule has 0 N–H and O–H groups in total. The topological polar surface area (TPSA) is 96.5 Å². The maximum atomic E-state index is 15.0. The Hall–Kier alpha value is -3.96. The number of hydrogen-bond donors (Lipinski definition) is 0. The van der Waals surface area contributed by atoms with Crippen LogP contribution in [0.1, 0.15) is 34.3 Å². The highest BCUT2D eigenvalue weighted by molar-refractivity contribution is 7.91. The third-order valence-corrected chi connectivity index (χ3v) is 9.49. The van der Waals surface area contributed by atoms with Crippen molar-refractivity contribution in [2.75, 3.05) is 49.7 Å². The van der Waals surface area contributed by atoms with Crippen molar-refractivity contribution in [2.24, 2.45) is 0 Å². The molecule has 2 amide bonds. The minimum absolute atomic E-state index is 0.0611. The van der Waals surface area contributed by atoms with Gasteiger partial charge in [-0.05, 0) is 54.8 Å². The first-order chi connectivity index (χ1) is 20.7. The third-order valence-electron chi connectivity index (χ3n) is 7.88. The fraction of sp³-hybridized carbons (Fsp3) is 0.375. The van der Waals surface area contributed by atoms with Crippen molar-refractivity contribution in [3.05, 3.63) is 95.3 Å². The molecule has 0 unspecified atom stereocenters. The van der Waals surface area contributed by atoms with E-state index in [2.05, 4.69) is 33.9 Å². The molecule has 2 saturated heterocycles. The average Bonchev–Trinajstić information content (AvgIpc) is 3.02. The van der Waals surface area contributed by atoms with Crippen LogP contribution >= 0.6 is 0 Å². The minimum atomic E-state index is -3.20. The summed E-state index contributed by atoms with van der Waals surface area (Å²) in [6, 6.07) is 21.0. The molecule has 0 radical (unpaired) electrons. The van der Waals surface area contributed by atoms with Gasteiger partial charge in [-0.15, -0.1) is 0 Å². The minimum Gasteiger partial charge on any atom is -0.490 e. The molecule has 43 heavy (non-hydrogen) atoms. The molecule has 2 heterocycles. The van der Waals surface area contributed by atoms with Crippen LogP contribution in [0.2, 0.25) is 0 Å². The average molecular weight is 610 g/mol. The molecule has 3 aromatic rings. The van der Waals surface area contributed by atoms with Crippen molar-refractivity contribution in [3.8, 4) is 5.75 Å². The van der Waals surface area contributed by atoms with Gasteiger partial charge < -0.3 is 14.4 Å². The Kier molecular flexibility index (Phi) is 9.62. The lowest BCUT2D eigenvalue weighted by molar-refractivity contribution is 0.0600. The molecule has 2 aliphatic heterocycles. The summed E-state index contributed by atoms with van der Waals surface area (Å²) in [6.07, 6.45) is 1.88. The third kappa shape index (κ3) is 7.91. The number of benzene rings is 3. The van der Waals surface area contributed by atoms with Crippen LogP contribution in [-0.2, 0) is 27.7 Å². The van der Waals surface area contributed by atoms with Crippen LogP contribution in [0.3, 0.4) is 0 Å². The molecule has 9 nitrogen and oxygen atoms in total. The monoisotopic (exact) mass is 609 g/mol. The summed E-state index contributed by atoms with van der Waals surface area (Å²) >= 11 is 0. The van der Waals surface area contributed by atoms with Crippen LogP contribution in [0.15, 0.2) is 72.8 Å². The van der Waals surface area contributed by atoms with E-state index in [-0.39, 0.29) is 48.4 Å².